The van der Waals surface area contributed by atoms with Gasteiger partial charge in [0.1, 0.15) is 12.3 Å². The number of rotatable bonds is 5. The highest BCUT2D eigenvalue weighted by Gasteiger charge is 2.21. The highest BCUT2D eigenvalue weighted by molar-refractivity contribution is 5.98. The van der Waals surface area contributed by atoms with Gasteiger partial charge in [-0.05, 0) is 6.07 Å². The molecule has 8 heteroatoms. The zero-order valence-electron chi connectivity index (χ0n) is 10.3. The van der Waals surface area contributed by atoms with E-state index in [0.29, 0.717) is 0 Å². The van der Waals surface area contributed by atoms with Crippen molar-refractivity contribution in [1.82, 2.24) is 4.90 Å². The molecular formula is C11H12N2O6. The summed E-state index contributed by atoms with van der Waals surface area (Å²) in [5, 5.41) is 19.3. The fourth-order valence-electron chi connectivity index (χ4n) is 1.46. The van der Waals surface area contributed by atoms with Crippen LogP contribution >= 0.6 is 0 Å². The van der Waals surface area contributed by atoms with Crippen molar-refractivity contribution in [1.29, 1.82) is 0 Å². The number of carboxylic acid groups (broad SMARTS) is 1. The minimum absolute atomic E-state index is 0.0551. The van der Waals surface area contributed by atoms with Crippen LogP contribution in [0.15, 0.2) is 18.2 Å². The smallest absolute Gasteiger partial charge is 0.323 e. The van der Waals surface area contributed by atoms with Crippen molar-refractivity contribution < 1.29 is 24.4 Å². The molecule has 0 saturated heterocycles. The maximum Gasteiger partial charge on any atom is 0.323 e. The molecule has 1 aromatic rings. The van der Waals surface area contributed by atoms with E-state index in [1.54, 1.807) is 0 Å². The van der Waals surface area contributed by atoms with E-state index in [-0.39, 0.29) is 17.0 Å². The Morgan fingerprint density at radius 3 is 2.58 bits per heavy atom. The molecule has 1 amide bonds. The zero-order valence-corrected chi connectivity index (χ0v) is 10.3. The van der Waals surface area contributed by atoms with Gasteiger partial charge < -0.3 is 14.7 Å². The van der Waals surface area contributed by atoms with Crippen molar-refractivity contribution in [3.8, 4) is 5.75 Å². The van der Waals surface area contributed by atoms with Crippen LogP contribution in [0.5, 0.6) is 5.75 Å². The van der Waals surface area contributed by atoms with E-state index in [1.807, 2.05) is 0 Å². The maximum atomic E-state index is 12.0. The highest BCUT2D eigenvalue weighted by atomic mass is 16.6. The van der Waals surface area contributed by atoms with Crippen LogP contribution in [0.1, 0.15) is 10.4 Å². The molecule has 8 nitrogen and oxygen atoms in total. The second-order valence-electron chi connectivity index (χ2n) is 3.70. The van der Waals surface area contributed by atoms with Gasteiger partial charge in [0.15, 0.2) is 0 Å². The van der Waals surface area contributed by atoms with Gasteiger partial charge in [0.2, 0.25) is 0 Å². The first-order chi connectivity index (χ1) is 8.86. The molecule has 0 spiro atoms. The molecule has 0 fully saturated rings. The van der Waals surface area contributed by atoms with Crippen LogP contribution in [0.4, 0.5) is 5.69 Å². The Hall–Kier alpha value is -2.64. The average molecular weight is 268 g/mol. The molecule has 0 radical (unpaired) electrons. The molecule has 0 heterocycles. The molecule has 0 atom stereocenters. The van der Waals surface area contributed by atoms with E-state index < -0.39 is 23.3 Å². The van der Waals surface area contributed by atoms with Crippen molar-refractivity contribution in [2.45, 2.75) is 0 Å². The Kier molecular flexibility index (Phi) is 4.41. The lowest BCUT2D eigenvalue weighted by Crippen LogP contribution is -2.32. The Morgan fingerprint density at radius 1 is 1.47 bits per heavy atom. The Labute approximate surface area is 108 Å². The molecule has 1 rings (SSSR count). The van der Waals surface area contributed by atoms with E-state index in [1.165, 1.54) is 26.3 Å². The number of methoxy groups -OCH3 is 1. The Morgan fingerprint density at radius 2 is 2.11 bits per heavy atom. The summed E-state index contributed by atoms with van der Waals surface area (Å²) in [7, 11) is 2.60. The van der Waals surface area contributed by atoms with Crippen molar-refractivity contribution in [2.75, 3.05) is 20.7 Å². The second-order valence-corrected chi connectivity index (χ2v) is 3.70. The van der Waals surface area contributed by atoms with E-state index in [0.717, 1.165) is 11.0 Å². The molecule has 102 valence electrons. The summed E-state index contributed by atoms with van der Waals surface area (Å²) in [5.41, 5.74) is -0.326. The molecule has 0 aliphatic rings. The van der Waals surface area contributed by atoms with Crippen molar-refractivity contribution >= 4 is 17.6 Å². The van der Waals surface area contributed by atoms with Crippen LogP contribution < -0.4 is 4.74 Å². The van der Waals surface area contributed by atoms with Gasteiger partial charge in [-0.15, -0.1) is 0 Å². The van der Waals surface area contributed by atoms with Crippen LogP contribution in [0, 0.1) is 10.1 Å². The number of nitro groups is 1. The number of hydrogen-bond acceptors (Lipinski definition) is 5. The number of ether oxygens (including phenoxy) is 1. The third kappa shape index (κ3) is 3.41. The van der Waals surface area contributed by atoms with Gasteiger partial charge in [-0.25, -0.2) is 0 Å². The number of non-ortho nitro benzene ring substituents is 1. The first-order valence-electron chi connectivity index (χ1n) is 5.16. The average Bonchev–Trinajstić information content (AvgIpc) is 2.36. The Balaban J connectivity index is 3.15. The molecule has 0 aliphatic carbocycles. The summed E-state index contributed by atoms with van der Waals surface area (Å²) in [5.74, 6) is -1.70. The van der Waals surface area contributed by atoms with Gasteiger partial charge in [-0.3, -0.25) is 19.7 Å². The molecule has 1 aromatic carbocycles. The molecule has 0 aromatic heterocycles. The summed E-state index contributed by atoms with van der Waals surface area (Å²) in [4.78, 5) is 33.5. The van der Waals surface area contributed by atoms with Crippen LogP contribution in [-0.2, 0) is 4.79 Å². The van der Waals surface area contributed by atoms with Gasteiger partial charge in [-0.1, -0.05) is 0 Å². The van der Waals surface area contributed by atoms with Gasteiger partial charge >= 0.3 is 5.97 Å². The molecular weight excluding hydrogens is 256 g/mol. The number of carbonyl (C=O) groups is 2. The summed E-state index contributed by atoms with van der Waals surface area (Å²) in [6, 6.07) is 3.55. The SMILES string of the molecule is COc1ccc([N+](=O)[O-])cc1C(=O)N(C)CC(=O)O. The third-order valence-corrected chi connectivity index (χ3v) is 2.34. The van der Waals surface area contributed by atoms with Crippen molar-refractivity contribution in [3.63, 3.8) is 0 Å². The molecule has 0 saturated carbocycles. The normalized spacial score (nSPS) is 9.79. The first kappa shape index (κ1) is 14.4. The standard InChI is InChI=1S/C11H12N2O6/c1-12(6-10(14)15)11(16)8-5-7(13(17)18)3-4-9(8)19-2/h3-5H,6H2,1-2H3,(H,14,15). The molecule has 0 aliphatic heterocycles. The number of carboxylic acids is 1. The number of amides is 1. The number of likely N-dealkylation sites (N-methyl/N-ethyl adjacent to an activating group) is 1. The minimum Gasteiger partial charge on any atom is -0.496 e. The lowest BCUT2D eigenvalue weighted by Gasteiger charge is -2.16. The predicted molar refractivity (Wildman–Crippen MR) is 64.2 cm³/mol. The molecule has 19 heavy (non-hydrogen) atoms. The number of nitrogens with zero attached hydrogens (tertiary/aromatic N) is 2. The van der Waals surface area contributed by atoms with Crippen LogP contribution in [0.2, 0.25) is 0 Å². The fraction of sp³-hybridized carbons (Fsp3) is 0.273. The largest absolute Gasteiger partial charge is 0.496 e. The van der Waals surface area contributed by atoms with Gasteiger partial charge in [0.05, 0.1) is 17.6 Å². The molecule has 0 unspecified atom stereocenters. The number of benzene rings is 1. The summed E-state index contributed by atoms with van der Waals surface area (Å²) in [6.45, 7) is -0.509. The fourth-order valence-corrected chi connectivity index (χ4v) is 1.46. The lowest BCUT2D eigenvalue weighted by atomic mass is 10.1. The lowest BCUT2D eigenvalue weighted by molar-refractivity contribution is -0.384. The molecule has 0 bridgehead atoms. The molecule has 1 N–H and O–H groups in total. The van der Waals surface area contributed by atoms with Gasteiger partial charge in [-0.2, -0.15) is 0 Å². The van der Waals surface area contributed by atoms with E-state index in [9.17, 15) is 19.7 Å². The highest BCUT2D eigenvalue weighted by Crippen LogP contribution is 2.24. The number of aliphatic carboxylic acids is 1. The number of carbonyl (C=O) groups excluding carboxylic acids is 1. The zero-order chi connectivity index (χ0) is 14.6. The van der Waals surface area contributed by atoms with Gasteiger partial charge in [0, 0.05) is 19.2 Å². The van der Waals surface area contributed by atoms with E-state index >= 15 is 0 Å². The van der Waals surface area contributed by atoms with Crippen LogP contribution in [0.25, 0.3) is 0 Å². The summed E-state index contributed by atoms with van der Waals surface area (Å²) >= 11 is 0. The maximum absolute atomic E-state index is 12.0. The van der Waals surface area contributed by atoms with Crippen LogP contribution in [0.3, 0.4) is 0 Å². The summed E-state index contributed by atoms with van der Waals surface area (Å²) in [6.07, 6.45) is 0. The van der Waals surface area contributed by atoms with Gasteiger partial charge in [0.25, 0.3) is 11.6 Å². The Bertz CT molecular complexity index is 528. The van der Waals surface area contributed by atoms with E-state index in [4.69, 9.17) is 9.84 Å². The number of nitro benzene ring substituents is 1. The topological polar surface area (TPSA) is 110 Å². The monoisotopic (exact) mass is 268 g/mol. The first-order valence-corrected chi connectivity index (χ1v) is 5.16. The summed E-state index contributed by atoms with van der Waals surface area (Å²) < 4.78 is 4.94. The van der Waals surface area contributed by atoms with Crippen LogP contribution in [-0.4, -0.2) is 47.5 Å². The third-order valence-electron chi connectivity index (χ3n) is 2.34. The van der Waals surface area contributed by atoms with E-state index in [2.05, 4.69) is 0 Å². The minimum atomic E-state index is -1.18. The van der Waals surface area contributed by atoms with Crippen molar-refractivity contribution in [3.05, 3.63) is 33.9 Å². The van der Waals surface area contributed by atoms with Crippen molar-refractivity contribution in [2.24, 2.45) is 0 Å². The number of hydrogen-bond donors (Lipinski definition) is 1. The predicted octanol–water partition coefficient (Wildman–Crippen LogP) is 0.760. The second kappa shape index (κ2) is 5.80. The quantitative estimate of drug-likeness (QED) is 0.623.